The van der Waals surface area contributed by atoms with Gasteiger partial charge in [0.25, 0.3) is 0 Å². The molecule has 8 N–H and O–H groups in total. The van der Waals surface area contributed by atoms with Gasteiger partial charge in [0.2, 0.25) is 0 Å². The van der Waals surface area contributed by atoms with Crippen LogP contribution in [0.3, 0.4) is 0 Å². The largest absolute Gasteiger partial charge is 0.255 e. The normalized spacial score (nSPS) is 2.40. The molecule has 0 amide bonds. The lowest BCUT2D eigenvalue weighted by Gasteiger charge is -1.25. The Kier molecular flexibility index (Phi) is 21700. The van der Waals surface area contributed by atoms with Gasteiger partial charge in [-0.05, 0) is 0 Å². The SMILES string of the molecule is OO.OO.OO.OO.S.S. The van der Waals surface area contributed by atoms with Crippen molar-refractivity contribution in [3.8, 4) is 0 Å². The van der Waals surface area contributed by atoms with E-state index in [-0.39, 0.29) is 27.0 Å². The van der Waals surface area contributed by atoms with Crippen LogP contribution in [0.2, 0.25) is 0 Å². The Hall–Kier alpha value is 0.380. The second-order valence-electron chi connectivity index (χ2n) is 0. The molecule has 0 aromatic rings. The van der Waals surface area contributed by atoms with E-state index in [4.69, 9.17) is 42.1 Å². The highest BCUT2D eigenvalue weighted by Gasteiger charge is 0.751. The minimum atomic E-state index is 0. The Balaban J connectivity index is -0.00000000500. The average Bonchev–Trinajstić information content (AvgIpc) is 2.03. The Labute approximate surface area is 69.8 Å². The fourth-order valence-electron chi connectivity index (χ4n) is 0. The summed E-state index contributed by atoms with van der Waals surface area (Å²) in [5, 5.41) is 48.0. The summed E-state index contributed by atoms with van der Waals surface area (Å²) in [5.74, 6) is 0. The molecule has 10 heavy (non-hydrogen) atoms. The molecule has 0 fully saturated rings. The average molecular weight is 204 g/mol. The summed E-state index contributed by atoms with van der Waals surface area (Å²) in [7, 11) is 0. The summed E-state index contributed by atoms with van der Waals surface area (Å²) in [6.07, 6.45) is 0. The van der Waals surface area contributed by atoms with Crippen LogP contribution in [0.25, 0.3) is 0 Å². The molecule has 0 aliphatic rings. The third-order valence-corrected chi connectivity index (χ3v) is 0. The van der Waals surface area contributed by atoms with E-state index in [1.165, 1.54) is 0 Å². The molecule has 0 rings (SSSR count). The maximum absolute atomic E-state index is 6.00. The number of hydrogen-bond acceptors (Lipinski definition) is 8. The van der Waals surface area contributed by atoms with Crippen molar-refractivity contribution < 1.29 is 42.1 Å². The van der Waals surface area contributed by atoms with E-state index in [9.17, 15) is 0 Å². The summed E-state index contributed by atoms with van der Waals surface area (Å²) in [4.78, 5) is 0. The molecular formula is H12O8S2. The first-order valence-corrected chi connectivity index (χ1v) is 0.800. The van der Waals surface area contributed by atoms with Gasteiger partial charge in [0.15, 0.2) is 0 Å². The summed E-state index contributed by atoms with van der Waals surface area (Å²) < 4.78 is 0. The van der Waals surface area contributed by atoms with Gasteiger partial charge in [-0.1, -0.05) is 0 Å². The molecule has 0 spiro atoms. The molecule has 72 valence electrons. The van der Waals surface area contributed by atoms with E-state index in [1.807, 2.05) is 0 Å². The molecule has 0 aliphatic heterocycles. The van der Waals surface area contributed by atoms with Crippen molar-refractivity contribution >= 4 is 27.0 Å². The summed E-state index contributed by atoms with van der Waals surface area (Å²) in [6, 6.07) is 0. The van der Waals surface area contributed by atoms with Crippen LogP contribution in [-0.4, -0.2) is 42.1 Å². The van der Waals surface area contributed by atoms with Gasteiger partial charge in [0.1, 0.15) is 0 Å². The highest BCUT2D eigenvalue weighted by Crippen LogP contribution is 0.717. The summed E-state index contributed by atoms with van der Waals surface area (Å²) in [6.45, 7) is 0. The molecule has 0 aliphatic carbocycles. The van der Waals surface area contributed by atoms with Gasteiger partial charge in [-0.25, -0.2) is 0 Å². The van der Waals surface area contributed by atoms with Gasteiger partial charge >= 0.3 is 0 Å². The van der Waals surface area contributed by atoms with Crippen LogP contribution < -0.4 is 0 Å². The lowest BCUT2D eigenvalue weighted by Crippen LogP contribution is -1.29. The van der Waals surface area contributed by atoms with Gasteiger partial charge in [0.05, 0.1) is 0 Å². The Morgan fingerprint density at radius 1 is 0.300 bits per heavy atom. The van der Waals surface area contributed by atoms with Crippen LogP contribution in [0.5, 0.6) is 0 Å². The van der Waals surface area contributed by atoms with E-state index >= 15 is 0 Å². The highest BCUT2D eigenvalue weighted by molar-refractivity contribution is 7.59. The highest BCUT2D eigenvalue weighted by atomic mass is 32.1. The third-order valence-electron chi connectivity index (χ3n) is 0. The van der Waals surface area contributed by atoms with E-state index in [1.54, 1.807) is 0 Å². The van der Waals surface area contributed by atoms with Crippen molar-refractivity contribution in [2.24, 2.45) is 0 Å². The summed E-state index contributed by atoms with van der Waals surface area (Å²) in [5.41, 5.74) is 0. The quantitative estimate of drug-likeness (QED) is 0.206. The van der Waals surface area contributed by atoms with E-state index in [0.717, 1.165) is 0 Å². The molecular weight excluding hydrogens is 192 g/mol. The standard InChI is InChI=1S/4H2O2.2H2S/c4*1-2;;/h4*1-2H;2*1H2. The topological polar surface area (TPSA) is 162 Å². The first-order chi connectivity index (χ1) is 4.00. The van der Waals surface area contributed by atoms with Crippen LogP contribution >= 0.6 is 27.0 Å². The van der Waals surface area contributed by atoms with E-state index in [2.05, 4.69) is 0 Å². The maximum Gasteiger partial charge on any atom is -0.197 e. The smallest absolute Gasteiger partial charge is 0.197 e. The first kappa shape index (κ1) is 47.6. The second kappa shape index (κ2) is 4560. The first-order valence-electron chi connectivity index (χ1n) is 0.800. The maximum atomic E-state index is 6.00. The van der Waals surface area contributed by atoms with Crippen molar-refractivity contribution in [3.05, 3.63) is 0 Å². The Morgan fingerprint density at radius 2 is 0.300 bits per heavy atom. The molecule has 0 saturated carbocycles. The minimum absolute atomic E-state index is 0. The zero-order chi connectivity index (χ0) is 8.00. The molecule has 8 nitrogen and oxygen atoms in total. The predicted octanol–water partition coefficient (Wildman–Crippen LogP) is 0.295. The van der Waals surface area contributed by atoms with Crippen molar-refractivity contribution in [3.63, 3.8) is 0 Å². The Bertz CT molecular complexity index is 7.22. The number of hydrogen-bond donors (Lipinski definition) is 8. The molecule has 0 heterocycles. The monoisotopic (exact) mass is 204 g/mol. The molecule has 0 bridgehead atoms. The van der Waals surface area contributed by atoms with Crippen molar-refractivity contribution in [1.82, 2.24) is 0 Å². The van der Waals surface area contributed by atoms with Crippen LogP contribution in [-0.2, 0) is 0 Å². The molecule has 0 aromatic heterocycles. The minimum Gasteiger partial charge on any atom is -0.255 e. The number of rotatable bonds is 0. The van der Waals surface area contributed by atoms with E-state index in [0.29, 0.717) is 0 Å². The fraction of sp³-hybridized carbons (Fsp3) is 0. The molecule has 0 radical (unpaired) electrons. The lowest BCUT2D eigenvalue weighted by atomic mass is 15.0. The van der Waals surface area contributed by atoms with Gasteiger partial charge < -0.3 is 0 Å². The van der Waals surface area contributed by atoms with Crippen LogP contribution in [0.4, 0.5) is 0 Å². The van der Waals surface area contributed by atoms with Gasteiger partial charge in [-0.2, -0.15) is 27.0 Å². The van der Waals surface area contributed by atoms with E-state index < -0.39 is 0 Å². The Morgan fingerprint density at radius 3 is 0.300 bits per heavy atom. The van der Waals surface area contributed by atoms with Gasteiger partial charge in [-0.3, -0.25) is 42.1 Å². The molecule has 10 heteroatoms. The van der Waals surface area contributed by atoms with Crippen molar-refractivity contribution in [2.45, 2.75) is 0 Å². The molecule has 0 saturated heterocycles. The van der Waals surface area contributed by atoms with Crippen molar-refractivity contribution in [2.75, 3.05) is 0 Å². The molecule has 0 aromatic carbocycles. The van der Waals surface area contributed by atoms with Crippen LogP contribution in [0.15, 0.2) is 0 Å². The zero-order valence-corrected chi connectivity index (χ0v) is 6.58. The summed E-state index contributed by atoms with van der Waals surface area (Å²) >= 11 is 0. The van der Waals surface area contributed by atoms with Gasteiger partial charge in [0, 0.05) is 0 Å². The molecule has 0 unspecified atom stereocenters. The van der Waals surface area contributed by atoms with Crippen LogP contribution in [0, 0.1) is 0 Å². The lowest BCUT2D eigenvalue weighted by molar-refractivity contribution is -0.176. The third kappa shape index (κ3) is 3160. The van der Waals surface area contributed by atoms with Crippen molar-refractivity contribution in [1.29, 1.82) is 0 Å². The zero-order valence-electron chi connectivity index (χ0n) is 4.58. The fourth-order valence-corrected chi connectivity index (χ4v) is 0. The molecule has 0 atom stereocenters. The predicted molar refractivity (Wildman–Crippen MR) is 41.8 cm³/mol. The van der Waals surface area contributed by atoms with Gasteiger partial charge in [-0.15, -0.1) is 0 Å². The van der Waals surface area contributed by atoms with Crippen LogP contribution in [0.1, 0.15) is 0 Å². The second-order valence-corrected chi connectivity index (χ2v) is 0.